The predicted molar refractivity (Wildman–Crippen MR) is 104 cm³/mol. The van der Waals surface area contributed by atoms with E-state index in [4.69, 9.17) is 0 Å². The number of nitrogens with zero attached hydrogens (tertiary/aromatic N) is 3. The molecule has 2 fully saturated rings. The summed E-state index contributed by atoms with van der Waals surface area (Å²) < 4.78 is 0. The van der Waals surface area contributed by atoms with Crippen molar-refractivity contribution in [2.45, 2.75) is 25.4 Å². The lowest BCUT2D eigenvalue weighted by Gasteiger charge is -2.23. The number of anilines is 2. The van der Waals surface area contributed by atoms with Crippen molar-refractivity contribution in [1.82, 2.24) is 9.80 Å². The normalized spacial score (nSPS) is 16.8. The molecule has 2 heterocycles. The first-order valence-corrected chi connectivity index (χ1v) is 9.74. The van der Waals surface area contributed by atoms with E-state index in [0.717, 1.165) is 23.3 Å². The van der Waals surface area contributed by atoms with Gasteiger partial charge in [0.25, 0.3) is 5.91 Å². The number of thiophene rings is 1. The van der Waals surface area contributed by atoms with E-state index < -0.39 is 0 Å². The number of likely N-dealkylation sites (N-methyl/N-ethyl adjacent to an activating group) is 1. The Morgan fingerprint density at radius 2 is 2.11 bits per heavy atom. The van der Waals surface area contributed by atoms with Crippen LogP contribution in [0.2, 0.25) is 0 Å². The average Bonchev–Trinajstić information content (AvgIpc) is 3.28. The summed E-state index contributed by atoms with van der Waals surface area (Å²) in [5.41, 5.74) is 2.14. The maximum Gasteiger partial charge on any atom is 0.331 e. The molecule has 140 valence electrons. The third kappa shape index (κ3) is 3.66. The molecule has 27 heavy (non-hydrogen) atoms. The lowest BCUT2D eigenvalue weighted by molar-refractivity contribution is -0.116. The minimum absolute atomic E-state index is 0.0610. The van der Waals surface area contributed by atoms with Gasteiger partial charge in [0, 0.05) is 25.3 Å². The van der Waals surface area contributed by atoms with Gasteiger partial charge in [-0.15, -0.1) is 0 Å². The zero-order chi connectivity index (χ0) is 19.0. The van der Waals surface area contributed by atoms with Gasteiger partial charge in [0.1, 0.15) is 6.54 Å². The van der Waals surface area contributed by atoms with Crippen LogP contribution in [-0.4, -0.2) is 47.4 Å². The monoisotopic (exact) mass is 384 g/mol. The third-order valence-corrected chi connectivity index (χ3v) is 5.41. The molecule has 2 aromatic rings. The van der Waals surface area contributed by atoms with Gasteiger partial charge in [-0.3, -0.25) is 4.79 Å². The van der Waals surface area contributed by atoms with Crippen molar-refractivity contribution in [2.75, 3.05) is 23.8 Å². The highest BCUT2D eigenvalue weighted by molar-refractivity contribution is 7.07. The molecule has 0 radical (unpaired) electrons. The van der Waals surface area contributed by atoms with E-state index in [1.807, 2.05) is 21.7 Å². The van der Waals surface area contributed by atoms with Crippen molar-refractivity contribution < 1.29 is 14.4 Å². The molecule has 8 heteroatoms. The molecular formula is C19H20N4O3S. The number of carbonyl (C=O) groups is 3. The molecule has 1 saturated heterocycles. The van der Waals surface area contributed by atoms with Crippen molar-refractivity contribution in [3.8, 4) is 0 Å². The highest BCUT2D eigenvalue weighted by Crippen LogP contribution is 2.30. The van der Waals surface area contributed by atoms with Gasteiger partial charge in [0.05, 0.1) is 5.69 Å². The first-order chi connectivity index (χ1) is 13.0. The van der Waals surface area contributed by atoms with Gasteiger partial charge in [-0.25, -0.2) is 14.5 Å². The van der Waals surface area contributed by atoms with Crippen molar-refractivity contribution in [2.24, 2.45) is 0 Å². The summed E-state index contributed by atoms with van der Waals surface area (Å²) in [6, 6.07) is 8.59. The number of imide groups is 1. The summed E-state index contributed by atoms with van der Waals surface area (Å²) in [7, 11) is 1.59. The summed E-state index contributed by atoms with van der Waals surface area (Å²) in [6.07, 6.45) is 2.03. The first-order valence-electron chi connectivity index (χ1n) is 8.80. The molecule has 1 N–H and O–H groups in total. The van der Waals surface area contributed by atoms with Gasteiger partial charge in [0.2, 0.25) is 0 Å². The Kier molecular flexibility index (Phi) is 4.57. The second-order valence-corrected chi connectivity index (χ2v) is 7.62. The molecular weight excluding hydrogens is 364 g/mol. The fraction of sp³-hybridized carbons (Fsp3) is 0.316. The van der Waals surface area contributed by atoms with Crippen molar-refractivity contribution in [1.29, 1.82) is 0 Å². The van der Waals surface area contributed by atoms with Gasteiger partial charge >= 0.3 is 12.1 Å². The summed E-state index contributed by atoms with van der Waals surface area (Å²) in [5.74, 6) is -0.275. The predicted octanol–water partition coefficient (Wildman–Crippen LogP) is 3.34. The van der Waals surface area contributed by atoms with E-state index in [1.54, 1.807) is 42.6 Å². The summed E-state index contributed by atoms with van der Waals surface area (Å²) in [6.45, 7) is 0.638. The van der Waals surface area contributed by atoms with E-state index in [-0.39, 0.29) is 30.6 Å². The number of nitrogens with one attached hydrogen (secondary N) is 1. The molecule has 5 amide bonds. The van der Waals surface area contributed by atoms with E-state index in [9.17, 15) is 14.4 Å². The van der Waals surface area contributed by atoms with Crippen LogP contribution < -0.4 is 10.2 Å². The molecule has 0 spiro atoms. The third-order valence-electron chi connectivity index (χ3n) is 4.68. The maximum absolute atomic E-state index is 12.8. The lowest BCUT2D eigenvalue weighted by atomic mass is 10.2. The van der Waals surface area contributed by atoms with Crippen molar-refractivity contribution >= 4 is 40.7 Å². The van der Waals surface area contributed by atoms with Crippen molar-refractivity contribution in [3.63, 3.8) is 0 Å². The first kappa shape index (κ1) is 17.5. The summed E-state index contributed by atoms with van der Waals surface area (Å²) in [5, 5.41) is 6.96. The molecule has 7 nitrogen and oxygen atoms in total. The van der Waals surface area contributed by atoms with Gasteiger partial charge in [0.15, 0.2) is 0 Å². The molecule has 1 aliphatic heterocycles. The highest BCUT2D eigenvalue weighted by atomic mass is 32.1. The second kappa shape index (κ2) is 7.03. The van der Waals surface area contributed by atoms with Crippen LogP contribution in [0.3, 0.4) is 0 Å². The van der Waals surface area contributed by atoms with Crippen LogP contribution in [0.1, 0.15) is 18.4 Å². The average molecular weight is 384 g/mol. The number of rotatable bonds is 5. The molecule has 0 unspecified atom stereocenters. The SMILES string of the molecule is CN1CC(=O)N(c2cccc(NC(=O)N(Cc3ccsc3)C3CC3)c2)C1=O. The maximum atomic E-state index is 12.8. The van der Waals surface area contributed by atoms with Gasteiger partial charge in [-0.1, -0.05) is 6.07 Å². The summed E-state index contributed by atoms with van der Waals surface area (Å²) in [4.78, 5) is 41.4. The Morgan fingerprint density at radius 3 is 2.74 bits per heavy atom. The minimum Gasteiger partial charge on any atom is -0.318 e. The number of urea groups is 2. The van der Waals surface area contributed by atoms with Crippen LogP contribution in [0.5, 0.6) is 0 Å². The van der Waals surface area contributed by atoms with Gasteiger partial charge < -0.3 is 15.1 Å². The molecule has 1 saturated carbocycles. The van der Waals surface area contributed by atoms with Gasteiger partial charge in [-0.05, 0) is 53.4 Å². The minimum atomic E-state index is -0.361. The van der Waals surface area contributed by atoms with E-state index >= 15 is 0 Å². The Labute approximate surface area is 161 Å². The van der Waals surface area contributed by atoms with Crippen molar-refractivity contribution in [3.05, 3.63) is 46.7 Å². The fourth-order valence-electron chi connectivity index (χ4n) is 3.12. The number of hydrogen-bond acceptors (Lipinski definition) is 4. The highest BCUT2D eigenvalue weighted by Gasteiger charge is 2.35. The molecule has 2 aliphatic rings. The second-order valence-electron chi connectivity index (χ2n) is 6.84. The number of amides is 5. The van der Waals surface area contributed by atoms with Crippen LogP contribution >= 0.6 is 11.3 Å². The van der Waals surface area contributed by atoms with Crippen LogP contribution in [-0.2, 0) is 11.3 Å². The lowest BCUT2D eigenvalue weighted by Crippen LogP contribution is -2.36. The smallest absolute Gasteiger partial charge is 0.318 e. The zero-order valence-corrected chi connectivity index (χ0v) is 15.7. The Hall–Kier alpha value is -2.87. The quantitative estimate of drug-likeness (QED) is 0.804. The molecule has 1 aromatic carbocycles. The Morgan fingerprint density at radius 1 is 1.30 bits per heavy atom. The molecule has 1 aliphatic carbocycles. The van der Waals surface area contributed by atoms with Crippen LogP contribution in [0.25, 0.3) is 0 Å². The molecule has 0 atom stereocenters. The fourth-order valence-corrected chi connectivity index (χ4v) is 3.78. The summed E-state index contributed by atoms with van der Waals surface area (Å²) >= 11 is 1.61. The topological polar surface area (TPSA) is 73.0 Å². The van der Waals surface area contributed by atoms with Crippen LogP contribution in [0.15, 0.2) is 41.1 Å². The molecule has 1 aromatic heterocycles. The van der Waals surface area contributed by atoms with E-state index in [0.29, 0.717) is 17.9 Å². The number of carbonyl (C=O) groups excluding carboxylic acids is 3. The standard InChI is InChI=1S/C19H20N4O3S/c1-21-11-17(24)23(19(21)26)16-4-2-3-14(9-16)20-18(25)22(15-5-6-15)10-13-7-8-27-12-13/h2-4,7-9,12,15H,5-6,10-11H2,1H3,(H,20,25). The number of hydrogen-bond donors (Lipinski definition) is 1. The zero-order valence-electron chi connectivity index (χ0n) is 14.9. The molecule has 4 rings (SSSR count). The molecule has 0 bridgehead atoms. The largest absolute Gasteiger partial charge is 0.331 e. The van der Waals surface area contributed by atoms with E-state index in [2.05, 4.69) is 5.32 Å². The van der Waals surface area contributed by atoms with Crippen LogP contribution in [0.4, 0.5) is 21.0 Å². The van der Waals surface area contributed by atoms with Crippen LogP contribution in [0, 0.1) is 0 Å². The Bertz CT molecular complexity index is 879. The van der Waals surface area contributed by atoms with E-state index in [1.165, 1.54) is 4.90 Å². The van der Waals surface area contributed by atoms with Gasteiger partial charge in [-0.2, -0.15) is 11.3 Å². The number of benzene rings is 1. The Balaban J connectivity index is 1.49.